The van der Waals surface area contributed by atoms with Crippen LogP contribution in [-0.4, -0.2) is 29.3 Å². The number of hydrogen-bond donors (Lipinski definition) is 0. The molecule has 158 valence electrons. The monoisotopic (exact) mass is 420 g/mol. The Balaban J connectivity index is 1.87. The summed E-state index contributed by atoms with van der Waals surface area (Å²) in [6, 6.07) is 15.4. The van der Waals surface area contributed by atoms with Crippen molar-refractivity contribution in [3.8, 4) is 11.1 Å². The fourth-order valence-electron chi connectivity index (χ4n) is 5.83. The first-order chi connectivity index (χ1) is 14.2. The molecule has 2 aromatic rings. The lowest BCUT2D eigenvalue weighted by Crippen LogP contribution is -2.52. The maximum atomic E-state index is 6.18. The molecule has 0 unspecified atom stereocenters. The second-order valence-corrected chi connectivity index (χ2v) is 13.2. The van der Waals surface area contributed by atoms with Gasteiger partial charge in [-0.15, -0.1) is 0 Å². The van der Waals surface area contributed by atoms with Crippen molar-refractivity contribution in [2.45, 2.75) is 56.6 Å². The van der Waals surface area contributed by atoms with Crippen LogP contribution in [0, 0.1) is 0 Å². The molecule has 3 heteroatoms. The summed E-state index contributed by atoms with van der Waals surface area (Å²) in [4.78, 5) is 0. The molecule has 0 aromatic heterocycles. The van der Waals surface area contributed by atoms with Gasteiger partial charge in [-0.1, -0.05) is 103 Å². The zero-order valence-corrected chi connectivity index (χ0v) is 19.6. The number of ether oxygens (including phenoxy) is 2. The normalized spacial score (nSPS) is 22.1. The smallest absolute Gasteiger partial charge is 0.170 e. The Kier molecular flexibility index (Phi) is 5.56. The highest BCUT2D eigenvalue weighted by atomic mass is 31.1. The maximum Gasteiger partial charge on any atom is 0.170 e. The Hall–Kier alpha value is -1.73. The van der Waals surface area contributed by atoms with Crippen LogP contribution >= 0.6 is 7.92 Å². The molecule has 1 spiro atoms. The zero-order valence-electron chi connectivity index (χ0n) is 18.7. The molecule has 0 radical (unpaired) electrons. The van der Waals surface area contributed by atoms with Gasteiger partial charge < -0.3 is 9.47 Å². The Morgan fingerprint density at radius 1 is 0.800 bits per heavy atom. The van der Waals surface area contributed by atoms with Crippen LogP contribution in [0.5, 0.6) is 0 Å². The van der Waals surface area contributed by atoms with E-state index in [4.69, 9.17) is 9.47 Å². The van der Waals surface area contributed by atoms with Crippen molar-refractivity contribution in [3.63, 3.8) is 0 Å². The minimum absolute atomic E-state index is 0.0852. The molecule has 0 saturated carbocycles. The Morgan fingerprint density at radius 2 is 1.40 bits per heavy atom. The van der Waals surface area contributed by atoms with Crippen molar-refractivity contribution in [1.29, 1.82) is 0 Å². The first-order valence-corrected chi connectivity index (χ1v) is 12.1. The van der Waals surface area contributed by atoms with Gasteiger partial charge in [0.1, 0.15) is 0 Å². The minimum atomic E-state index is -0.491. The zero-order chi connectivity index (χ0) is 21.6. The predicted octanol–water partition coefficient (Wildman–Crippen LogP) is 6.84. The summed E-state index contributed by atoms with van der Waals surface area (Å²) >= 11 is 0. The first kappa shape index (κ1) is 21.5. The van der Waals surface area contributed by atoms with Crippen LogP contribution in [0.4, 0.5) is 0 Å². The van der Waals surface area contributed by atoms with Gasteiger partial charge in [0.2, 0.25) is 0 Å². The quantitative estimate of drug-likeness (QED) is 0.504. The summed E-state index contributed by atoms with van der Waals surface area (Å²) in [6.45, 7) is 19.1. The Labute approximate surface area is 182 Å². The molecule has 0 atom stereocenters. The van der Waals surface area contributed by atoms with Crippen molar-refractivity contribution in [3.05, 3.63) is 66.7 Å². The third-order valence-corrected chi connectivity index (χ3v) is 10.0. The fraction of sp³-hybridized carbons (Fsp3) is 0.407. The Bertz CT molecular complexity index is 947. The van der Waals surface area contributed by atoms with Gasteiger partial charge in [-0.2, -0.15) is 0 Å². The van der Waals surface area contributed by atoms with Gasteiger partial charge in [0.25, 0.3) is 0 Å². The summed E-state index contributed by atoms with van der Waals surface area (Å²) in [5.74, 6) is -0.421. The van der Waals surface area contributed by atoms with E-state index in [1.165, 1.54) is 16.4 Å². The number of benzene rings is 2. The van der Waals surface area contributed by atoms with E-state index < -0.39 is 13.7 Å². The largest absolute Gasteiger partial charge is 0.347 e. The molecule has 0 aliphatic carbocycles. The second-order valence-electron chi connectivity index (χ2n) is 9.66. The predicted molar refractivity (Wildman–Crippen MR) is 131 cm³/mol. The van der Waals surface area contributed by atoms with E-state index in [1.807, 2.05) is 12.2 Å². The molecule has 0 bridgehead atoms. The van der Waals surface area contributed by atoms with E-state index in [0.717, 1.165) is 24.0 Å². The number of rotatable bonds is 4. The lowest BCUT2D eigenvalue weighted by molar-refractivity contribution is -0.178. The van der Waals surface area contributed by atoms with Crippen LogP contribution < -0.4 is 5.30 Å². The average Bonchev–Trinajstić information content (AvgIpc) is 3.12. The average molecular weight is 421 g/mol. The van der Waals surface area contributed by atoms with Gasteiger partial charge in [-0.25, -0.2) is 0 Å². The minimum Gasteiger partial charge on any atom is -0.347 e. The topological polar surface area (TPSA) is 18.5 Å². The standard InChI is InChI=1S/C27H33O2P/c1-7-20-12-11-14-22(21(20)8-2)23-13-9-10-15-24(23)30-25(3,4)18-27(19-26(30,5)6)28-16-17-29-27/h7-15H,1-2,16-19H2,3-6H3. The SMILES string of the molecule is C=Cc1cccc(-c2ccccc2P2C(C)(C)CC3(CC2(C)C)OCCO3)c1C=C. The molecule has 2 saturated heterocycles. The van der Waals surface area contributed by atoms with Gasteiger partial charge in [0.15, 0.2) is 5.79 Å². The van der Waals surface area contributed by atoms with Crippen molar-refractivity contribution >= 4 is 25.4 Å². The lowest BCUT2D eigenvalue weighted by atomic mass is 9.91. The summed E-state index contributed by atoms with van der Waals surface area (Å²) in [6.07, 6.45) is 5.75. The molecule has 2 nitrogen and oxygen atoms in total. The van der Waals surface area contributed by atoms with Crippen molar-refractivity contribution in [2.24, 2.45) is 0 Å². The molecule has 4 rings (SSSR count). The number of hydrogen-bond acceptors (Lipinski definition) is 2. The van der Waals surface area contributed by atoms with Crippen LogP contribution in [0.25, 0.3) is 23.3 Å². The molecule has 2 aliphatic rings. The van der Waals surface area contributed by atoms with Crippen LogP contribution in [0.3, 0.4) is 0 Å². The van der Waals surface area contributed by atoms with Gasteiger partial charge >= 0.3 is 0 Å². The summed E-state index contributed by atoms with van der Waals surface area (Å²) in [7, 11) is -0.491. The molecule has 30 heavy (non-hydrogen) atoms. The highest BCUT2D eigenvalue weighted by Gasteiger charge is 2.57. The van der Waals surface area contributed by atoms with E-state index in [-0.39, 0.29) is 10.3 Å². The van der Waals surface area contributed by atoms with E-state index in [0.29, 0.717) is 13.2 Å². The van der Waals surface area contributed by atoms with Crippen molar-refractivity contribution in [2.75, 3.05) is 13.2 Å². The van der Waals surface area contributed by atoms with E-state index >= 15 is 0 Å². The highest BCUT2D eigenvalue weighted by molar-refractivity contribution is 7.69. The van der Waals surface area contributed by atoms with Crippen molar-refractivity contribution in [1.82, 2.24) is 0 Å². The van der Waals surface area contributed by atoms with Crippen molar-refractivity contribution < 1.29 is 9.47 Å². The van der Waals surface area contributed by atoms with Gasteiger partial charge in [0, 0.05) is 12.8 Å². The van der Waals surface area contributed by atoms with E-state index in [1.54, 1.807) is 0 Å². The van der Waals surface area contributed by atoms with Gasteiger partial charge in [-0.3, -0.25) is 0 Å². The van der Waals surface area contributed by atoms with Crippen LogP contribution in [0.15, 0.2) is 55.6 Å². The summed E-state index contributed by atoms with van der Waals surface area (Å²) in [5.41, 5.74) is 4.83. The van der Waals surface area contributed by atoms with E-state index in [2.05, 4.69) is 83.3 Å². The first-order valence-electron chi connectivity index (χ1n) is 10.8. The maximum absolute atomic E-state index is 6.18. The van der Waals surface area contributed by atoms with Crippen LogP contribution in [0.1, 0.15) is 51.7 Å². The molecule has 2 aliphatic heterocycles. The van der Waals surface area contributed by atoms with Crippen LogP contribution in [-0.2, 0) is 9.47 Å². The molecule has 2 heterocycles. The van der Waals surface area contributed by atoms with Crippen LogP contribution in [0.2, 0.25) is 0 Å². The third-order valence-electron chi connectivity index (χ3n) is 6.43. The lowest BCUT2D eigenvalue weighted by Gasteiger charge is -2.55. The highest BCUT2D eigenvalue weighted by Crippen LogP contribution is 2.68. The molecule has 2 aromatic carbocycles. The van der Waals surface area contributed by atoms with Gasteiger partial charge in [0.05, 0.1) is 13.2 Å². The van der Waals surface area contributed by atoms with E-state index in [9.17, 15) is 0 Å². The summed E-state index contributed by atoms with van der Waals surface area (Å²) in [5, 5.41) is 1.63. The third kappa shape index (κ3) is 3.60. The fourth-order valence-corrected chi connectivity index (χ4v) is 10.2. The molecule has 2 fully saturated rings. The van der Waals surface area contributed by atoms with Gasteiger partial charge in [-0.05, 0) is 37.9 Å². The molecular weight excluding hydrogens is 387 g/mol. The molecule has 0 N–H and O–H groups in total. The second kappa shape index (κ2) is 7.75. The molecular formula is C27H33O2P. The summed E-state index contributed by atoms with van der Waals surface area (Å²) < 4.78 is 12.4. The Morgan fingerprint density at radius 3 is 2.00 bits per heavy atom. The molecule has 0 amide bonds.